The van der Waals surface area contributed by atoms with E-state index < -0.39 is 0 Å². The van der Waals surface area contributed by atoms with E-state index in [2.05, 4.69) is 15.1 Å². The number of aromatic nitrogens is 3. The van der Waals surface area contributed by atoms with Crippen LogP contribution in [0, 0.1) is 0 Å². The van der Waals surface area contributed by atoms with Gasteiger partial charge in [0.1, 0.15) is 5.52 Å². The van der Waals surface area contributed by atoms with Crippen LogP contribution < -0.4 is 0 Å². The molecular weight excluding hydrogens is 310 g/mol. The molecule has 3 heterocycles. The van der Waals surface area contributed by atoms with Crippen molar-refractivity contribution in [3.8, 4) is 11.4 Å². The highest BCUT2D eigenvalue weighted by molar-refractivity contribution is 7.10. The summed E-state index contributed by atoms with van der Waals surface area (Å²) >= 11 is 1.66. The van der Waals surface area contributed by atoms with Crippen LogP contribution in [0.5, 0.6) is 0 Å². The Morgan fingerprint density at radius 3 is 2.96 bits per heavy atom. The Kier molecular flexibility index (Phi) is 3.51. The summed E-state index contributed by atoms with van der Waals surface area (Å²) in [6.07, 6.45) is 4.53. The third-order valence-corrected chi connectivity index (χ3v) is 4.21. The zero-order valence-corrected chi connectivity index (χ0v) is 13.2. The maximum atomic E-state index is 5.61. The molecule has 1 aromatic carbocycles. The molecule has 0 spiro atoms. The Bertz CT molecular complexity index is 967. The molecule has 5 nitrogen and oxygen atoms in total. The predicted molar refractivity (Wildman–Crippen MR) is 89.9 cm³/mol. The third-order valence-electron chi connectivity index (χ3n) is 3.37. The number of rotatable bonds is 4. The Labute approximate surface area is 136 Å². The molecule has 0 aliphatic carbocycles. The summed E-state index contributed by atoms with van der Waals surface area (Å²) in [5.41, 5.74) is 2.43. The van der Waals surface area contributed by atoms with Gasteiger partial charge in [0.25, 0.3) is 5.89 Å². The zero-order valence-electron chi connectivity index (χ0n) is 12.4. The van der Waals surface area contributed by atoms with Crippen LogP contribution in [0.2, 0.25) is 0 Å². The number of oxazole rings is 1. The van der Waals surface area contributed by atoms with Gasteiger partial charge in [-0.3, -0.25) is 0 Å². The summed E-state index contributed by atoms with van der Waals surface area (Å²) in [5.74, 6) is 1.74. The summed E-state index contributed by atoms with van der Waals surface area (Å²) in [6.45, 7) is 2.01. The van der Waals surface area contributed by atoms with Crippen LogP contribution in [-0.4, -0.2) is 15.1 Å². The smallest absolute Gasteiger partial charge is 0.250 e. The van der Waals surface area contributed by atoms with Crippen LogP contribution in [0.3, 0.4) is 0 Å². The van der Waals surface area contributed by atoms with E-state index in [1.165, 1.54) is 0 Å². The average Bonchev–Trinajstić information content (AvgIpc) is 3.31. The van der Waals surface area contributed by atoms with E-state index in [1.807, 2.05) is 54.8 Å². The van der Waals surface area contributed by atoms with E-state index in [0.29, 0.717) is 11.7 Å². The fraction of sp³-hybridized carbons (Fsp3) is 0.118. The standard InChI is InChI=1S/C17H13N3O2S/c1-2-15-18-13-10-11(5-7-14(13)21-15)17-19-16(22-20-17)8-6-12-4-3-9-23-12/h3-10H,2H2,1H3/b8-6+. The number of thiophene rings is 1. The van der Waals surface area contributed by atoms with Gasteiger partial charge in [0.05, 0.1) is 0 Å². The summed E-state index contributed by atoms with van der Waals surface area (Å²) in [4.78, 5) is 9.96. The first-order chi connectivity index (χ1) is 11.3. The first-order valence-electron chi connectivity index (χ1n) is 7.27. The van der Waals surface area contributed by atoms with Gasteiger partial charge in [-0.05, 0) is 35.7 Å². The lowest BCUT2D eigenvalue weighted by atomic mass is 10.2. The van der Waals surface area contributed by atoms with Crippen molar-refractivity contribution in [2.45, 2.75) is 13.3 Å². The highest BCUT2D eigenvalue weighted by atomic mass is 32.1. The van der Waals surface area contributed by atoms with E-state index in [4.69, 9.17) is 8.94 Å². The first kappa shape index (κ1) is 13.9. The van der Waals surface area contributed by atoms with Gasteiger partial charge in [-0.2, -0.15) is 4.98 Å². The molecule has 23 heavy (non-hydrogen) atoms. The molecule has 0 aliphatic rings. The van der Waals surface area contributed by atoms with Gasteiger partial charge >= 0.3 is 0 Å². The van der Waals surface area contributed by atoms with Crippen molar-refractivity contribution in [3.05, 3.63) is 52.4 Å². The molecule has 0 saturated heterocycles. The Hall–Kier alpha value is -2.73. The van der Waals surface area contributed by atoms with Crippen molar-refractivity contribution in [3.63, 3.8) is 0 Å². The molecule has 0 unspecified atom stereocenters. The summed E-state index contributed by atoms with van der Waals surface area (Å²) < 4.78 is 10.9. The Morgan fingerprint density at radius 1 is 1.17 bits per heavy atom. The van der Waals surface area contributed by atoms with Gasteiger partial charge in [0.15, 0.2) is 11.5 Å². The van der Waals surface area contributed by atoms with E-state index in [9.17, 15) is 0 Å². The van der Waals surface area contributed by atoms with Crippen molar-refractivity contribution in [1.82, 2.24) is 15.1 Å². The molecule has 0 atom stereocenters. The lowest BCUT2D eigenvalue weighted by molar-refractivity contribution is 0.411. The van der Waals surface area contributed by atoms with E-state index >= 15 is 0 Å². The largest absolute Gasteiger partial charge is 0.441 e. The molecule has 4 aromatic rings. The van der Waals surface area contributed by atoms with Crippen molar-refractivity contribution in [2.24, 2.45) is 0 Å². The number of nitrogens with zero attached hydrogens (tertiary/aromatic N) is 3. The minimum absolute atomic E-state index is 0.475. The molecule has 0 amide bonds. The summed E-state index contributed by atoms with van der Waals surface area (Å²) in [5, 5.41) is 6.05. The molecule has 0 aliphatic heterocycles. The minimum atomic E-state index is 0.475. The predicted octanol–water partition coefficient (Wildman–Crippen LogP) is 4.67. The number of hydrogen-bond acceptors (Lipinski definition) is 6. The quantitative estimate of drug-likeness (QED) is 0.546. The van der Waals surface area contributed by atoms with Gasteiger partial charge in [0, 0.05) is 22.9 Å². The van der Waals surface area contributed by atoms with Crippen LogP contribution >= 0.6 is 11.3 Å². The fourth-order valence-corrected chi connectivity index (χ4v) is 2.84. The molecule has 3 aromatic heterocycles. The van der Waals surface area contributed by atoms with Gasteiger partial charge in [-0.15, -0.1) is 11.3 Å². The molecule has 4 rings (SSSR count). The second kappa shape index (κ2) is 5.81. The number of fused-ring (bicyclic) bond motifs is 1. The summed E-state index contributed by atoms with van der Waals surface area (Å²) in [7, 11) is 0. The fourth-order valence-electron chi connectivity index (χ4n) is 2.23. The molecule has 0 N–H and O–H groups in total. The summed E-state index contributed by atoms with van der Waals surface area (Å²) in [6, 6.07) is 9.73. The molecule has 0 bridgehead atoms. The Morgan fingerprint density at radius 2 is 2.13 bits per heavy atom. The Balaban J connectivity index is 1.63. The van der Waals surface area contributed by atoms with Crippen LogP contribution in [0.15, 0.2) is 44.7 Å². The topological polar surface area (TPSA) is 65.0 Å². The van der Waals surface area contributed by atoms with E-state index in [0.717, 1.165) is 33.9 Å². The van der Waals surface area contributed by atoms with E-state index in [-0.39, 0.29) is 0 Å². The molecule has 114 valence electrons. The molecule has 6 heteroatoms. The lowest BCUT2D eigenvalue weighted by Crippen LogP contribution is -1.81. The first-order valence-corrected chi connectivity index (χ1v) is 8.15. The van der Waals surface area contributed by atoms with Crippen LogP contribution in [0.1, 0.15) is 23.6 Å². The highest BCUT2D eigenvalue weighted by Gasteiger charge is 2.10. The highest BCUT2D eigenvalue weighted by Crippen LogP contribution is 2.23. The monoisotopic (exact) mass is 323 g/mol. The molecule has 0 saturated carbocycles. The van der Waals surface area contributed by atoms with Gasteiger partial charge in [-0.25, -0.2) is 4.98 Å². The number of benzene rings is 1. The van der Waals surface area contributed by atoms with Crippen LogP contribution in [-0.2, 0) is 6.42 Å². The maximum absolute atomic E-state index is 5.61. The maximum Gasteiger partial charge on any atom is 0.250 e. The van der Waals surface area contributed by atoms with Crippen LogP contribution in [0.4, 0.5) is 0 Å². The lowest BCUT2D eigenvalue weighted by Gasteiger charge is -1.92. The SMILES string of the molecule is CCc1nc2cc(-c3noc(/C=C/c4cccs4)n3)ccc2o1. The van der Waals surface area contributed by atoms with Crippen LogP contribution in [0.25, 0.3) is 34.6 Å². The normalized spacial score (nSPS) is 11.7. The second-order valence-corrected chi connectivity index (χ2v) is 5.93. The molecular formula is C17H13N3O2S. The molecule has 0 fully saturated rings. The third kappa shape index (κ3) is 2.80. The average molecular weight is 323 g/mol. The van der Waals surface area contributed by atoms with Crippen molar-refractivity contribution in [1.29, 1.82) is 0 Å². The van der Waals surface area contributed by atoms with E-state index in [1.54, 1.807) is 11.3 Å². The van der Waals surface area contributed by atoms with Gasteiger partial charge < -0.3 is 8.94 Å². The van der Waals surface area contributed by atoms with Gasteiger partial charge in [-0.1, -0.05) is 18.1 Å². The second-order valence-electron chi connectivity index (χ2n) is 4.95. The molecule has 0 radical (unpaired) electrons. The minimum Gasteiger partial charge on any atom is -0.441 e. The van der Waals surface area contributed by atoms with Crippen molar-refractivity contribution >= 4 is 34.6 Å². The number of hydrogen-bond donors (Lipinski definition) is 0. The van der Waals surface area contributed by atoms with Gasteiger partial charge in [0.2, 0.25) is 5.82 Å². The van der Waals surface area contributed by atoms with Crippen molar-refractivity contribution < 1.29 is 8.94 Å². The van der Waals surface area contributed by atoms with Crippen molar-refractivity contribution in [2.75, 3.05) is 0 Å². The zero-order chi connectivity index (χ0) is 15.6. The number of aryl methyl sites for hydroxylation is 1.